The topological polar surface area (TPSA) is 52.6 Å². The first-order valence-electron chi connectivity index (χ1n) is 8.41. The van der Waals surface area contributed by atoms with Crippen molar-refractivity contribution in [3.05, 3.63) is 65.2 Å². The van der Waals surface area contributed by atoms with Gasteiger partial charge in [-0.1, -0.05) is 42.0 Å². The molecule has 2 rings (SSSR count). The van der Waals surface area contributed by atoms with Gasteiger partial charge in [-0.3, -0.25) is 9.59 Å². The minimum atomic E-state index is -5.72. The van der Waals surface area contributed by atoms with Crippen molar-refractivity contribution in [3.63, 3.8) is 0 Å². The number of carbonyl (C=O) groups excluding carboxylic acids is 2. The standard InChI is InChI=1S/C20H16F6O4/c1-12-3-5-13(6-4-12)18(19(21,22)23,20(24,25)26)14-7-9-15(10-8-14)30-17(28)11-16(27)29-2/h3-10H,11H2,1-2H3. The van der Waals surface area contributed by atoms with Crippen LogP contribution in [0.2, 0.25) is 0 Å². The van der Waals surface area contributed by atoms with Gasteiger partial charge in [-0.2, -0.15) is 26.3 Å². The number of ether oxygens (including phenoxy) is 2. The van der Waals surface area contributed by atoms with Gasteiger partial charge in [0.2, 0.25) is 5.41 Å². The van der Waals surface area contributed by atoms with Gasteiger partial charge in [-0.15, -0.1) is 0 Å². The van der Waals surface area contributed by atoms with Crippen LogP contribution in [0.3, 0.4) is 0 Å². The van der Waals surface area contributed by atoms with Crippen molar-refractivity contribution in [1.29, 1.82) is 0 Å². The quantitative estimate of drug-likeness (QED) is 0.292. The molecule has 0 aliphatic heterocycles. The second-order valence-corrected chi connectivity index (χ2v) is 6.36. The summed E-state index contributed by atoms with van der Waals surface area (Å²) in [6, 6.07) is 6.63. The first-order chi connectivity index (χ1) is 13.8. The largest absolute Gasteiger partial charge is 0.469 e. The van der Waals surface area contributed by atoms with Crippen LogP contribution >= 0.6 is 0 Å². The maximum atomic E-state index is 14.0. The minimum absolute atomic E-state index is 0.324. The molecule has 0 N–H and O–H groups in total. The summed E-state index contributed by atoms with van der Waals surface area (Å²) < 4.78 is 92.9. The summed E-state index contributed by atoms with van der Waals surface area (Å²) in [5, 5.41) is 0. The molecule has 0 heterocycles. The maximum absolute atomic E-state index is 14.0. The van der Waals surface area contributed by atoms with Crippen molar-refractivity contribution in [1.82, 2.24) is 0 Å². The van der Waals surface area contributed by atoms with Crippen molar-refractivity contribution in [2.24, 2.45) is 0 Å². The summed E-state index contributed by atoms with van der Waals surface area (Å²) in [6.07, 6.45) is -12.2. The van der Waals surface area contributed by atoms with E-state index < -0.39 is 47.3 Å². The van der Waals surface area contributed by atoms with Gasteiger partial charge in [-0.25, -0.2) is 0 Å². The number of methoxy groups -OCH3 is 1. The molecule has 0 amide bonds. The Morgan fingerprint density at radius 1 is 0.767 bits per heavy atom. The molecule has 0 bridgehead atoms. The molecule has 162 valence electrons. The van der Waals surface area contributed by atoms with Crippen molar-refractivity contribution in [3.8, 4) is 5.75 Å². The Kier molecular flexibility index (Phi) is 6.48. The second-order valence-electron chi connectivity index (χ2n) is 6.36. The fraction of sp³-hybridized carbons (Fsp3) is 0.300. The van der Waals surface area contributed by atoms with Crippen LogP contribution in [-0.4, -0.2) is 31.4 Å². The Morgan fingerprint density at radius 2 is 1.20 bits per heavy atom. The monoisotopic (exact) mass is 434 g/mol. The predicted molar refractivity (Wildman–Crippen MR) is 92.8 cm³/mol. The smallest absolute Gasteiger partial charge is 0.411 e. The van der Waals surface area contributed by atoms with Crippen LogP contribution in [-0.2, 0) is 19.7 Å². The summed E-state index contributed by atoms with van der Waals surface area (Å²) in [5.41, 5.74) is -5.89. The molecule has 0 atom stereocenters. The Hall–Kier alpha value is -3.04. The lowest BCUT2D eigenvalue weighted by molar-refractivity contribution is -0.288. The number of aryl methyl sites for hydroxylation is 1. The Labute approximate surface area is 167 Å². The van der Waals surface area contributed by atoms with Crippen molar-refractivity contribution in [2.45, 2.75) is 31.1 Å². The van der Waals surface area contributed by atoms with E-state index in [1.54, 1.807) is 0 Å². The van der Waals surface area contributed by atoms with E-state index in [1.807, 2.05) is 0 Å². The van der Waals surface area contributed by atoms with Gasteiger partial charge in [0.05, 0.1) is 7.11 Å². The number of hydrogen-bond acceptors (Lipinski definition) is 4. The van der Waals surface area contributed by atoms with Gasteiger partial charge >= 0.3 is 24.3 Å². The third-order valence-corrected chi connectivity index (χ3v) is 4.37. The molecule has 0 aliphatic carbocycles. The molecule has 2 aromatic carbocycles. The average molecular weight is 434 g/mol. The van der Waals surface area contributed by atoms with Crippen LogP contribution in [0.25, 0.3) is 0 Å². The Balaban J connectivity index is 2.54. The number of esters is 2. The molecular formula is C20H16F6O4. The van der Waals surface area contributed by atoms with Crippen molar-refractivity contribution >= 4 is 11.9 Å². The fourth-order valence-electron chi connectivity index (χ4n) is 2.92. The summed E-state index contributed by atoms with van der Waals surface area (Å²) >= 11 is 0. The third-order valence-electron chi connectivity index (χ3n) is 4.37. The van der Waals surface area contributed by atoms with E-state index in [4.69, 9.17) is 4.74 Å². The van der Waals surface area contributed by atoms with Crippen LogP contribution in [0.5, 0.6) is 5.75 Å². The van der Waals surface area contributed by atoms with E-state index in [9.17, 15) is 35.9 Å². The lowest BCUT2D eigenvalue weighted by Crippen LogP contribution is -2.54. The zero-order valence-corrected chi connectivity index (χ0v) is 15.7. The van der Waals surface area contributed by atoms with Crippen LogP contribution < -0.4 is 4.74 Å². The Bertz CT molecular complexity index is 885. The van der Waals surface area contributed by atoms with E-state index in [2.05, 4.69) is 4.74 Å². The molecule has 30 heavy (non-hydrogen) atoms. The van der Waals surface area contributed by atoms with E-state index in [0.29, 0.717) is 17.7 Å². The van der Waals surface area contributed by atoms with E-state index in [0.717, 1.165) is 43.5 Å². The molecule has 0 aromatic heterocycles. The van der Waals surface area contributed by atoms with Crippen molar-refractivity contribution in [2.75, 3.05) is 7.11 Å². The molecule has 0 spiro atoms. The SMILES string of the molecule is COC(=O)CC(=O)Oc1ccc(C(c2ccc(C)cc2)(C(F)(F)F)C(F)(F)F)cc1. The van der Waals surface area contributed by atoms with Gasteiger partial charge < -0.3 is 9.47 Å². The highest BCUT2D eigenvalue weighted by Gasteiger charge is 2.72. The lowest BCUT2D eigenvalue weighted by atomic mass is 9.72. The first-order valence-corrected chi connectivity index (χ1v) is 8.41. The van der Waals surface area contributed by atoms with Gasteiger partial charge in [0.25, 0.3) is 0 Å². The Morgan fingerprint density at radius 3 is 1.60 bits per heavy atom. The highest BCUT2D eigenvalue weighted by molar-refractivity contribution is 5.92. The number of rotatable bonds is 5. The highest BCUT2D eigenvalue weighted by Crippen LogP contribution is 2.56. The van der Waals surface area contributed by atoms with Crippen LogP contribution in [0.1, 0.15) is 23.1 Å². The lowest BCUT2D eigenvalue weighted by Gasteiger charge is -2.38. The van der Waals surface area contributed by atoms with Gasteiger partial charge in [0.1, 0.15) is 12.2 Å². The molecule has 0 aliphatic rings. The normalized spacial score (nSPS) is 12.4. The van der Waals surface area contributed by atoms with E-state index >= 15 is 0 Å². The number of carbonyl (C=O) groups is 2. The molecule has 0 unspecified atom stereocenters. The molecule has 0 saturated carbocycles. The summed E-state index contributed by atoms with van der Waals surface area (Å²) in [7, 11) is 1.03. The number of benzene rings is 2. The fourth-order valence-corrected chi connectivity index (χ4v) is 2.92. The molecular weight excluding hydrogens is 418 g/mol. The number of hydrogen-bond donors (Lipinski definition) is 0. The van der Waals surface area contributed by atoms with Gasteiger partial charge in [0.15, 0.2) is 0 Å². The van der Waals surface area contributed by atoms with Crippen LogP contribution in [0.4, 0.5) is 26.3 Å². The highest BCUT2D eigenvalue weighted by atomic mass is 19.4. The molecule has 0 fully saturated rings. The second kappa shape index (κ2) is 8.37. The first kappa shape index (κ1) is 23.2. The van der Waals surface area contributed by atoms with Crippen LogP contribution in [0, 0.1) is 6.92 Å². The maximum Gasteiger partial charge on any atom is 0.411 e. The third kappa shape index (κ3) is 4.42. The number of halogens is 6. The molecule has 2 aromatic rings. The molecule has 0 saturated heterocycles. The summed E-state index contributed by atoms with van der Waals surface area (Å²) in [6.45, 7) is 1.53. The van der Waals surface area contributed by atoms with E-state index in [-0.39, 0.29) is 5.75 Å². The van der Waals surface area contributed by atoms with Gasteiger partial charge in [0, 0.05) is 0 Å². The molecule has 10 heteroatoms. The summed E-state index contributed by atoms with van der Waals surface area (Å²) in [5.74, 6) is -2.31. The molecule has 0 radical (unpaired) electrons. The zero-order chi connectivity index (χ0) is 22.7. The predicted octanol–water partition coefficient (Wildman–Crippen LogP) is 4.87. The van der Waals surface area contributed by atoms with Gasteiger partial charge in [-0.05, 0) is 30.2 Å². The molecule has 4 nitrogen and oxygen atoms in total. The zero-order valence-electron chi connectivity index (χ0n) is 15.7. The minimum Gasteiger partial charge on any atom is -0.469 e. The van der Waals surface area contributed by atoms with Crippen LogP contribution in [0.15, 0.2) is 48.5 Å². The van der Waals surface area contributed by atoms with E-state index in [1.165, 1.54) is 6.92 Å². The average Bonchev–Trinajstić information content (AvgIpc) is 2.62. The van der Waals surface area contributed by atoms with Crippen molar-refractivity contribution < 1.29 is 45.4 Å². The summed E-state index contributed by atoms with van der Waals surface area (Å²) in [4.78, 5) is 22.6. The number of alkyl halides is 6.